The molecule has 7 nitrogen and oxygen atoms in total. The summed E-state index contributed by atoms with van der Waals surface area (Å²) in [6, 6.07) is 0. The van der Waals surface area contributed by atoms with Crippen LogP contribution in [-0.4, -0.2) is 32.2 Å². The van der Waals surface area contributed by atoms with Crippen molar-refractivity contribution in [3.8, 4) is 0 Å². The van der Waals surface area contributed by atoms with Gasteiger partial charge in [0.1, 0.15) is 0 Å². The summed E-state index contributed by atoms with van der Waals surface area (Å²) >= 11 is 1.12. The van der Waals surface area contributed by atoms with Gasteiger partial charge in [-0.25, -0.2) is 18.9 Å². The van der Waals surface area contributed by atoms with Gasteiger partial charge in [-0.15, -0.1) is 11.3 Å². The van der Waals surface area contributed by atoms with Crippen molar-refractivity contribution in [2.24, 2.45) is 0 Å². The van der Waals surface area contributed by atoms with Gasteiger partial charge >= 0.3 is 0 Å². The van der Waals surface area contributed by atoms with Gasteiger partial charge in [-0.05, 0) is 6.92 Å². The van der Waals surface area contributed by atoms with Gasteiger partial charge in [0.15, 0.2) is 5.13 Å². The molecule has 0 saturated carbocycles. The zero-order valence-electron chi connectivity index (χ0n) is 9.39. The van der Waals surface area contributed by atoms with Crippen molar-refractivity contribution in [3.63, 3.8) is 0 Å². The van der Waals surface area contributed by atoms with Crippen LogP contribution in [0, 0.1) is 0 Å². The first-order chi connectivity index (χ1) is 7.90. The largest absolute Gasteiger partial charge is 0.274 e. The number of hydroxylamine groups is 1. The SMILES string of the molecule is CCONC(=O)Cc1csc(NS(C)(=O)=O)n1. The molecule has 0 bridgehead atoms. The average molecular weight is 279 g/mol. The monoisotopic (exact) mass is 279 g/mol. The van der Waals surface area contributed by atoms with E-state index in [2.05, 4.69) is 15.2 Å². The Hall–Kier alpha value is -1.19. The summed E-state index contributed by atoms with van der Waals surface area (Å²) < 4.78 is 24.1. The third kappa shape index (κ3) is 5.61. The van der Waals surface area contributed by atoms with Crippen molar-refractivity contribution in [1.82, 2.24) is 10.5 Å². The molecule has 0 radical (unpaired) electrons. The van der Waals surface area contributed by atoms with Gasteiger partial charge in [0.2, 0.25) is 15.9 Å². The minimum atomic E-state index is -3.33. The number of thiazole rings is 1. The number of hydrogen-bond donors (Lipinski definition) is 2. The number of hydrogen-bond acceptors (Lipinski definition) is 6. The molecule has 17 heavy (non-hydrogen) atoms. The summed E-state index contributed by atoms with van der Waals surface area (Å²) in [5.41, 5.74) is 2.71. The second kappa shape index (κ2) is 5.94. The molecule has 0 aromatic carbocycles. The number of sulfonamides is 1. The van der Waals surface area contributed by atoms with Gasteiger partial charge in [-0.3, -0.25) is 14.4 Å². The Morgan fingerprint density at radius 2 is 2.29 bits per heavy atom. The lowest BCUT2D eigenvalue weighted by Crippen LogP contribution is -2.25. The van der Waals surface area contributed by atoms with Crippen molar-refractivity contribution in [1.29, 1.82) is 0 Å². The average Bonchev–Trinajstić information content (AvgIpc) is 2.59. The molecule has 0 aliphatic carbocycles. The Labute approximate surface area is 103 Å². The molecule has 1 rings (SSSR count). The van der Waals surface area contributed by atoms with Crippen LogP contribution in [0.25, 0.3) is 0 Å². The van der Waals surface area contributed by atoms with Crippen molar-refractivity contribution >= 4 is 32.4 Å². The molecular weight excluding hydrogens is 266 g/mol. The first kappa shape index (κ1) is 13.9. The topological polar surface area (TPSA) is 97.4 Å². The normalized spacial score (nSPS) is 11.2. The molecule has 0 atom stereocenters. The van der Waals surface area contributed by atoms with Crippen LogP contribution in [0.3, 0.4) is 0 Å². The van der Waals surface area contributed by atoms with E-state index in [4.69, 9.17) is 4.84 Å². The van der Waals surface area contributed by atoms with E-state index in [1.165, 1.54) is 0 Å². The molecule has 1 heterocycles. The van der Waals surface area contributed by atoms with Gasteiger partial charge in [0.25, 0.3) is 0 Å². The molecule has 1 aromatic heterocycles. The summed E-state index contributed by atoms with van der Waals surface area (Å²) in [5, 5.41) is 1.85. The third-order valence-electron chi connectivity index (χ3n) is 1.50. The van der Waals surface area contributed by atoms with Crippen molar-refractivity contribution in [3.05, 3.63) is 11.1 Å². The van der Waals surface area contributed by atoms with E-state index in [1.54, 1.807) is 12.3 Å². The molecule has 0 unspecified atom stereocenters. The molecule has 2 N–H and O–H groups in total. The summed E-state index contributed by atoms with van der Waals surface area (Å²) in [5.74, 6) is -0.331. The van der Waals surface area contributed by atoms with E-state index < -0.39 is 10.0 Å². The second-order valence-corrected chi connectivity index (χ2v) is 5.76. The Kier molecular flexibility index (Phi) is 4.85. The molecular formula is C8H13N3O4S2. The van der Waals surface area contributed by atoms with Crippen LogP contribution < -0.4 is 10.2 Å². The number of anilines is 1. The van der Waals surface area contributed by atoms with Crippen LogP contribution in [0.4, 0.5) is 5.13 Å². The molecule has 0 fully saturated rings. The number of amides is 1. The van der Waals surface area contributed by atoms with Crippen LogP contribution in [0.15, 0.2) is 5.38 Å². The summed E-state index contributed by atoms with van der Waals surface area (Å²) in [6.07, 6.45) is 1.08. The Morgan fingerprint density at radius 1 is 1.59 bits per heavy atom. The minimum absolute atomic E-state index is 0.0436. The van der Waals surface area contributed by atoms with Crippen LogP contribution in [0.2, 0.25) is 0 Å². The fourth-order valence-electron chi connectivity index (χ4n) is 0.947. The van der Waals surface area contributed by atoms with Gasteiger partial charge in [0, 0.05) is 5.38 Å². The maximum atomic E-state index is 11.3. The fourth-order valence-corrected chi connectivity index (χ4v) is 2.51. The third-order valence-corrected chi connectivity index (χ3v) is 3.00. The van der Waals surface area contributed by atoms with Crippen molar-refractivity contribution in [2.45, 2.75) is 13.3 Å². The zero-order valence-corrected chi connectivity index (χ0v) is 11.0. The fraction of sp³-hybridized carbons (Fsp3) is 0.500. The highest BCUT2D eigenvalue weighted by atomic mass is 32.2. The number of rotatable bonds is 6. The molecule has 0 aliphatic rings. The molecule has 1 aromatic rings. The van der Waals surface area contributed by atoms with Crippen LogP contribution in [0.1, 0.15) is 12.6 Å². The lowest BCUT2D eigenvalue weighted by molar-refractivity contribution is -0.132. The second-order valence-electron chi connectivity index (χ2n) is 3.15. The molecule has 96 valence electrons. The predicted molar refractivity (Wildman–Crippen MR) is 64.1 cm³/mol. The first-order valence-corrected chi connectivity index (χ1v) is 7.50. The Balaban J connectivity index is 2.54. The van der Waals surface area contributed by atoms with Crippen LogP contribution in [0.5, 0.6) is 0 Å². The van der Waals surface area contributed by atoms with E-state index in [0.29, 0.717) is 12.3 Å². The van der Waals surface area contributed by atoms with E-state index in [0.717, 1.165) is 17.6 Å². The Bertz CT molecular complexity index is 483. The number of aromatic nitrogens is 1. The zero-order chi connectivity index (χ0) is 12.9. The lowest BCUT2D eigenvalue weighted by Gasteiger charge is -2.01. The van der Waals surface area contributed by atoms with E-state index in [1.807, 2.05) is 0 Å². The minimum Gasteiger partial charge on any atom is -0.274 e. The number of carbonyl (C=O) groups is 1. The maximum Gasteiger partial charge on any atom is 0.249 e. The molecule has 0 aliphatic heterocycles. The highest BCUT2D eigenvalue weighted by Gasteiger charge is 2.10. The number of nitrogens with zero attached hydrogens (tertiary/aromatic N) is 1. The smallest absolute Gasteiger partial charge is 0.249 e. The van der Waals surface area contributed by atoms with E-state index in [9.17, 15) is 13.2 Å². The van der Waals surface area contributed by atoms with Crippen LogP contribution in [-0.2, 0) is 26.1 Å². The molecule has 0 spiro atoms. The van der Waals surface area contributed by atoms with Gasteiger partial charge in [-0.1, -0.05) is 0 Å². The highest BCUT2D eigenvalue weighted by Crippen LogP contribution is 2.16. The summed E-state index contributed by atoms with van der Waals surface area (Å²) in [4.78, 5) is 19.9. The summed E-state index contributed by atoms with van der Waals surface area (Å²) in [6.45, 7) is 2.13. The standard InChI is InChI=1S/C8H13N3O4S2/c1-3-15-10-7(12)4-6-5-16-8(9-6)11-17(2,13)14/h5H,3-4H2,1-2H3,(H,9,11)(H,10,12). The summed E-state index contributed by atoms with van der Waals surface area (Å²) in [7, 11) is -3.33. The van der Waals surface area contributed by atoms with E-state index >= 15 is 0 Å². The number of nitrogens with one attached hydrogen (secondary N) is 2. The quantitative estimate of drug-likeness (QED) is 0.721. The Morgan fingerprint density at radius 3 is 2.88 bits per heavy atom. The van der Waals surface area contributed by atoms with Gasteiger partial charge < -0.3 is 0 Å². The maximum absolute atomic E-state index is 11.3. The van der Waals surface area contributed by atoms with Gasteiger partial charge in [0.05, 0.1) is 25.0 Å². The molecule has 9 heteroatoms. The number of carbonyl (C=O) groups excluding carboxylic acids is 1. The predicted octanol–water partition coefficient (Wildman–Crippen LogP) is 0.125. The van der Waals surface area contributed by atoms with Crippen LogP contribution >= 0.6 is 11.3 Å². The van der Waals surface area contributed by atoms with Gasteiger partial charge in [-0.2, -0.15) is 0 Å². The molecule has 0 saturated heterocycles. The van der Waals surface area contributed by atoms with E-state index in [-0.39, 0.29) is 17.5 Å². The van der Waals surface area contributed by atoms with Crippen molar-refractivity contribution < 1.29 is 18.0 Å². The lowest BCUT2D eigenvalue weighted by atomic mass is 10.3. The molecule has 1 amide bonds. The first-order valence-electron chi connectivity index (χ1n) is 4.73. The highest BCUT2D eigenvalue weighted by molar-refractivity contribution is 7.92. The van der Waals surface area contributed by atoms with Crippen molar-refractivity contribution in [2.75, 3.05) is 17.6 Å².